The third kappa shape index (κ3) is 5.43. The smallest absolute Gasteiger partial charge is 0.220 e. The van der Waals surface area contributed by atoms with Crippen LogP contribution in [-0.2, 0) is 29.0 Å². The average Bonchev–Trinajstić information content (AvgIpc) is 3.20. The number of aromatic nitrogens is 4. The first-order chi connectivity index (χ1) is 14.7. The third-order valence-electron chi connectivity index (χ3n) is 6.20. The van der Waals surface area contributed by atoms with Crippen LogP contribution in [-0.4, -0.2) is 57.3 Å². The lowest BCUT2D eigenvalue weighted by molar-refractivity contribution is -0.122. The molecule has 1 amide bonds. The van der Waals surface area contributed by atoms with Crippen molar-refractivity contribution in [1.29, 1.82) is 0 Å². The Balaban J connectivity index is 1.19. The highest BCUT2D eigenvalue weighted by Gasteiger charge is 2.21. The monoisotopic (exact) mass is 412 g/mol. The number of tetrazole rings is 1. The van der Waals surface area contributed by atoms with Crippen LogP contribution in [0, 0.1) is 5.92 Å². The Morgan fingerprint density at radius 2 is 2.10 bits per heavy atom. The zero-order valence-electron chi connectivity index (χ0n) is 17.8. The number of piperidine rings is 1. The summed E-state index contributed by atoms with van der Waals surface area (Å²) < 4.78 is 7.70. The molecule has 0 aliphatic carbocycles. The maximum absolute atomic E-state index is 12.3. The second kappa shape index (κ2) is 10.1. The Morgan fingerprint density at radius 3 is 2.97 bits per heavy atom. The summed E-state index contributed by atoms with van der Waals surface area (Å²) in [6.45, 7) is 7.17. The van der Waals surface area contributed by atoms with Crippen molar-refractivity contribution in [3.05, 3.63) is 41.2 Å². The van der Waals surface area contributed by atoms with Crippen LogP contribution in [0.15, 0.2) is 24.3 Å². The van der Waals surface area contributed by atoms with Crippen LogP contribution < -0.4 is 5.32 Å². The molecule has 0 radical (unpaired) electrons. The highest BCUT2D eigenvalue weighted by Crippen LogP contribution is 2.26. The fraction of sp³-hybridized carbons (Fsp3) is 0.636. The van der Waals surface area contributed by atoms with E-state index in [0.29, 0.717) is 32.5 Å². The van der Waals surface area contributed by atoms with E-state index in [9.17, 15) is 4.79 Å². The first-order valence-electron chi connectivity index (χ1n) is 11.1. The van der Waals surface area contributed by atoms with Gasteiger partial charge < -0.3 is 10.1 Å². The number of amides is 1. The fourth-order valence-corrected chi connectivity index (χ4v) is 4.26. The maximum Gasteiger partial charge on any atom is 0.220 e. The topological polar surface area (TPSA) is 85.2 Å². The summed E-state index contributed by atoms with van der Waals surface area (Å²) >= 11 is 0. The average molecular weight is 413 g/mol. The fourth-order valence-electron chi connectivity index (χ4n) is 4.26. The van der Waals surface area contributed by atoms with E-state index < -0.39 is 0 Å². The van der Waals surface area contributed by atoms with Gasteiger partial charge in [0, 0.05) is 19.5 Å². The first kappa shape index (κ1) is 20.9. The molecule has 2 aliphatic heterocycles. The van der Waals surface area contributed by atoms with Gasteiger partial charge in [0.1, 0.15) is 6.10 Å². The summed E-state index contributed by atoms with van der Waals surface area (Å²) in [6, 6.07) is 8.31. The van der Waals surface area contributed by atoms with Gasteiger partial charge in [-0.1, -0.05) is 31.2 Å². The molecule has 0 saturated carbocycles. The van der Waals surface area contributed by atoms with Crippen LogP contribution >= 0.6 is 0 Å². The Morgan fingerprint density at radius 1 is 1.27 bits per heavy atom. The summed E-state index contributed by atoms with van der Waals surface area (Å²) in [4.78, 5) is 14.7. The molecule has 1 atom stereocenters. The van der Waals surface area contributed by atoms with Gasteiger partial charge in [-0.05, 0) is 66.2 Å². The molecule has 1 aromatic carbocycles. The van der Waals surface area contributed by atoms with Crippen molar-refractivity contribution in [2.24, 2.45) is 5.92 Å². The lowest BCUT2D eigenvalue weighted by atomic mass is 9.97. The molecule has 1 N–H and O–H groups in total. The maximum atomic E-state index is 12.3. The van der Waals surface area contributed by atoms with Gasteiger partial charge in [-0.2, -0.15) is 0 Å². The molecule has 3 heterocycles. The molecular weight excluding hydrogens is 380 g/mol. The minimum Gasteiger partial charge on any atom is -0.371 e. The molecule has 4 rings (SSSR count). The van der Waals surface area contributed by atoms with Crippen LogP contribution in [0.25, 0.3) is 0 Å². The standard InChI is InChI=1S/C22H32N6O2/c1-17-8-12-27(13-9-17)16-21-24-25-26-28(21)11-4-7-22(29)23-15-20-19-6-3-2-5-18(19)10-14-30-20/h2-3,5-6,17,20H,4,7-16H2,1H3,(H,23,29). The summed E-state index contributed by atoms with van der Waals surface area (Å²) in [7, 11) is 0. The highest BCUT2D eigenvalue weighted by molar-refractivity contribution is 5.75. The van der Waals surface area contributed by atoms with Crippen LogP contribution in [0.5, 0.6) is 0 Å². The van der Waals surface area contributed by atoms with Crippen LogP contribution in [0.3, 0.4) is 0 Å². The molecule has 8 nitrogen and oxygen atoms in total. The van der Waals surface area contributed by atoms with Gasteiger partial charge in [0.15, 0.2) is 5.82 Å². The second-order valence-corrected chi connectivity index (χ2v) is 8.49. The SMILES string of the molecule is CC1CCN(Cc2nnnn2CCCC(=O)NCC2OCCc3ccccc32)CC1. The van der Waals surface area contributed by atoms with Gasteiger partial charge in [0.05, 0.1) is 13.2 Å². The van der Waals surface area contributed by atoms with E-state index in [1.54, 1.807) is 0 Å². The Labute approximate surface area is 178 Å². The summed E-state index contributed by atoms with van der Waals surface area (Å²) in [6.07, 6.45) is 4.51. The number of likely N-dealkylation sites (tertiary alicyclic amines) is 1. The van der Waals surface area contributed by atoms with Crippen LogP contribution in [0.2, 0.25) is 0 Å². The minimum atomic E-state index is -0.0581. The van der Waals surface area contributed by atoms with Gasteiger partial charge in [0.25, 0.3) is 0 Å². The molecular formula is C22H32N6O2. The summed E-state index contributed by atoms with van der Waals surface area (Å²) in [5, 5.41) is 15.2. The van der Waals surface area contributed by atoms with Crippen molar-refractivity contribution in [3.63, 3.8) is 0 Å². The van der Waals surface area contributed by atoms with E-state index in [4.69, 9.17) is 4.74 Å². The Bertz CT molecular complexity index is 831. The molecule has 0 bridgehead atoms. The lowest BCUT2D eigenvalue weighted by Crippen LogP contribution is -2.33. The lowest BCUT2D eigenvalue weighted by Gasteiger charge is -2.29. The number of rotatable bonds is 8. The van der Waals surface area contributed by atoms with E-state index >= 15 is 0 Å². The van der Waals surface area contributed by atoms with Crippen molar-refractivity contribution in [2.75, 3.05) is 26.2 Å². The van der Waals surface area contributed by atoms with Crippen molar-refractivity contribution >= 4 is 5.91 Å². The van der Waals surface area contributed by atoms with Crippen molar-refractivity contribution < 1.29 is 9.53 Å². The Hall–Kier alpha value is -2.32. The molecule has 1 aromatic heterocycles. The number of aryl methyl sites for hydroxylation is 1. The second-order valence-electron chi connectivity index (χ2n) is 8.49. The van der Waals surface area contributed by atoms with Gasteiger partial charge in [-0.25, -0.2) is 4.68 Å². The molecule has 2 aromatic rings. The number of ether oxygens (including phenoxy) is 1. The highest BCUT2D eigenvalue weighted by atomic mass is 16.5. The number of fused-ring (bicyclic) bond motifs is 1. The molecule has 1 saturated heterocycles. The number of hydrogen-bond donors (Lipinski definition) is 1. The van der Waals surface area contributed by atoms with Crippen LogP contribution in [0.1, 0.15) is 55.7 Å². The number of carbonyl (C=O) groups excluding carboxylic acids is 1. The van der Waals surface area contributed by atoms with Gasteiger partial charge in [-0.15, -0.1) is 5.10 Å². The third-order valence-corrected chi connectivity index (χ3v) is 6.20. The number of carbonyl (C=O) groups is 1. The molecule has 162 valence electrons. The number of hydrogen-bond acceptors (Lipinski definition) is 6. The molecule has 1 fully saturated rings. The van der Waals surface area contributed by atoms with Crippen molar-refractivity contribution in [1.82, 2.24) is 30.4 Å². The van der Waals surface area contributed by atoms with Crippen molar-refractivity contribution in [2.45, 2.75) is 58.2 Å². The quantitative estimate of drug-likeness (QED) is 0.715. The largest absolute Gasteiger partial charge is 0.371 e. The van der Waals surface area contributed by atoms with E-state index in [0.717, 1.165) is 37.8 Å². The minimum absolute atomic E-state index is 0.0429. The van der Waals surface area contributed by atoms with Crippen molar-refractivity contribution in [3.8, 4) is 0 Å². The molecule has 8 heteroatoms. The molecule has 2 aliphatic rings. The molecule has 30 heavy (non-hydrogen) atoms. The van der Waals surface area contributed by atoms with E-state index in [1.807, 2.05) is 10.7 Å². The van der Waals surface area contributed by atoms with Gasteiger partial charge in [0.2, 0.25) is 5.91 Å². The predicted octanol–water partition coefficient (Wildman–Crippen LogP) is 2.12. The Kier molecular flexibility index (Phi) is 7.07. The number of nitrogens with one attached hydrogen (secondary N) is 1. The zero-order valence-corrected chi connectivity index (χ0v) is 17.8. The van der Waals surface area contributed by atoms with E-state index in [2.05, 4.69) is 50.9 Å². The summed E-state index contributed by atoms with van der Waals surface area (Å²) in [5.41, 5.74) is 2.51. The van der Waals surface area contributed by atoms with Crippen LogP contribution in [0.4, 0.5) is 0 Å². The molecule has 1 unspecified atom stereocenters. The van der Waals surface area contributed by atoms with Gasteiger partial charge in [-0.3, -0.25) is 9.69 Å². The molecule has 0 spiro atoms. The normalized spacial score (nSPS) is 20.1. The summed E-state index contributed by atoms with van der Waals surface area (Å²) in [5.74, 6) is 1.74. The first-order valence-corrected chi connectivity index (χ1v) is 11.1. The predicted molar refractivity (Wildman–Crippen MR) is 113 cm³/mol. The zero-order chi connectivity index (χ0) is 20.8. The number of benzene rings is 1. The number of nitrogens with zero attached hydrogens (tertiary/aromatic N) is 5. The van der Waals surface area contributed by atoms with Gasteiger partial charge >= 0.3 is 0 Å². The van der Waals surface area contributed by atoms with E-state index in [1.165, 1.54) is 24.0 Å². The van der Waals surface area contributed by atoms with E-state index in [-0.39, 0.29) is 12.0 Å².